The Morgan fingerprint density at radius 1 is 1.12 bits per heavy atom. The number of carbonyl (C=O) groups excluding carboxylic acids is 1. The maximum absolute atomic E-state index is 12.0. The highest BCUT2D eigenvalue weighted by molar-refractivity contribution is 7.80. The molecule has 1 aliphatic rings. The van der Waals surface area contributed by atoms with Crippen molar-refractivity contribution < 1.29 is 24.1 Å². The second kappa shape index (κ2) is 8.88. The third kappa shape index (κ3) is 4.33. The minimum Gasteiger partial charge on any atom is -0.496 e. The summed E-state index contributed by atoms with van der Waals surface area (Å²) in [5.74, 6) is 1.42. The molecule has 4 rings (SSSR count). The van der Waals surface area contributed by atoms with Gasteiger partial charge >= 0.3 is 5.97 Å². The average Bonchev–Trinajstić information content (AvgIpc) is 3.22. The number of aliphatic hydroxyl groups is 1. The molecule has 8 heteroatoms. The second-order valence-corrected chi connectivity index (χ2v) is 8.65. The Bertz CT molecular complexity index is 1060. The van der Waals surface area contributed by atoms with Crippen molar-refractivity contribution in [1.82, 2.24) is 9.97 Å². The van der Waals surface area contributed by atoms with Gasteiger partial charge in [0.05, 0.1) is 37.2 Å². The largest absolute Gasteiger partial charge is 0.496 e. The van der Waals surface area contributed by atoms with Crippen LogP contribution >= 0.6 is 12.6 Å². The van der Waals surface area contributed by atoms with Gasteiger partial charge in [-0.2, -0.15) is 12.6 Å². The number of benzene rings is 2. The third-order valence-electron chi connectivity index (χ3n) is 5.54. The number of methoxy groups -OCH3 is 2. The van der Waals surface area contributed by atoms with E-state index in [1.807, 2.05) is 48.5 Å². The Morgan fingerprint density at radius 3 is 2.34 bits per heavy atom. The Morgan fingerprint density at radius 2 is 1.72 bits per heavy atom. The van der Waals surface area contributed by atoms with E-state index in [0.29, 0.717) is 23.0 Å². The van der Waals surface area contributed by atoms with Gasteiger partial charge in [0.1, 0.15) is 29.1 Å². The zero-order chi connectivity index (χ0) is 22.9. The second-order valence-electron chi connectivity index (χ2n) is 8.10. The first-order chi connectivity index (χ1) is 15.3. The predicted octanol–water partition coefficient (Wildman–Crippen LogP) is 4.19. The molecule has 2 heterocycles. The Balaban J connectivity index is 1.84. The first kappa shape index (κ1) is 22.2. The van der Waals surface area contributed by atoms with Crippen molar-refractivity contribution in [3.05, 3.63) is 54.4 Å². The number of aromatic amines is 1. The molecule has 0 radical (unpaired) electrons. The summed E-state index contributed by atoms with van der Waals surface area (Å²) in [5.41, 5.74) is 1.86. The molecular weight excluding hydrogens is 428 g/mol. The smallest absolute Gasteiger partial charge is 0.309 e. The van der Waals surface area contributed by atoms with Gasteiger partial charge < -0.3 is 24.3 Å². The number of hydrogen-bond donors (Lipinski definition) is 3. The van der Waals surface area contributed by atoms with E-state index in [1.165, 1.54) is 0 Å². The summed E-state index contributed by atoms with van der Waals surface area (Å²) in [6, 6.07) is 15.2. The van der Waals surface area contributed by atoms with Gasteiger partial charge in [-0.05, 0) is 31.2 Å². The van der Waals surface area contributed by atoms with Crippen LogP contribution in [-0.2, 0) is 9.53 Å². The quantitative estimate of drug-likeness (QED) is 0.382. The van der Waals surface area contributed by atoms with Crippen LogP contribution in [0.2, 0.25) is 0 Å². The number of carbonyl (C=O) groups is 1. The first-order valence-electron chi connectivity index (χ1n) is 10.3. The topological polar surface area (TPSA) is 93.7 Å². The summed E-state index contributed by atoms with van der Waals surface area (Å²) >= 11 is 4.72. The molecular formula is C24H26N2O5S. The number of H-pyrrole nitrogens is 1. The average molecular weight is 455 g/mol. The number of cyclic esters (lactones) is 1. The van der Waals surface area contributed by atoms with Gasteiger partial charge in [-0.1, -0.05) is 24.3 Å². The number of nitrogens with one attached hydrogen (secondary N) is 1. The zero-order valence-corrected chi connectivity index (χ0v) is 19.1. The summed E-state index contributed by atoms with van der Waals surface area (Å²) in [5, 5.41) is 9.90. The van der Waals surface area contributed by atoms with Crippen LogP contribution in [0.5, 0.6) is 11.5 Å². The number of hydrogen-bond acceptors (Lipinski definition) is 7. The van der Waals surface area contributed by atoms with Crippen LogP contribution in [0.3, 0.4) is 0 Å². The van der Waals surface area contributed by atoms with Crippen molar-refractivity contribution >= 4 is 18.6 Å². The summed E-state index contributed by atoms with van der Waals surface area (Å²) in [6.07, 6.45) is -0.403. The minimum absolute atomic E-state index is 0.0406. The van der Waals surface area contributed by atoms with Gasteiger partial charge in [-0.25, -0.2) is 4.98 Å². The maximum atomic E-state index is 12.0. The van der Waals surface area contributed by atoms with Gasteiger partial charge in [0, 0.05) is 17.5 Å². The molecule has 3 aromatic rings. The number of esters is 1. The number of nitrogens with zero attached hydrogens (tertiary/aromatic N) is 1. The van der Waals surface area contributed by atoms with Crippen LogP contribution in [0.1, 0.15) is 30.8 Å². The number of rotatable bonds is 6. The van der Waals surface area contributed by atoms with E-state index in [9.17, 15) is 9.90 Å². The molecule has 1 fully saturated rings. The van der Waals surface area contributed by atoms with E-state index < -0.39 is 22.9 Å². The highest BCUT2D eigenvalue weighted by Gasteiger charge is 2.40. The van der Waals surface area contributed by atoms with E-state index in [-0.39, 0.29) is 12.8 Å². The van der Waals surface area contributed by atoms with Gasteiger partial charge in [0.25, 0.3) is 0 Å². The fraction of sp³-hybridized carbons (Fsp3) is 0.333. The molecule has 0 aliphatic carbocycles. The van der Waals surface area contributed by atoms with Crippen LogP contribution in [0, 0.1) is 0 Å². The monoisotopic (exact) mass is 454 g/mol. The molecule has 0 bridgehead atoms. The Hall–Kier alpha value is -2.97. The minimum atomic E-state index is -1.15. The molecule has 168 valence electrons. The lowest BCUT2D eigenvalue weighted by Crippen LogP contribution is -2.42. The first-order valence-corrected chi connectivity index (χ1v) is 10.8. The van der Waals surface area contributed by atoms with Crippen LogP contribution < -0.4 is 9.47 Å². The van der Waals surface area contributed by atoms with E-state index in [0.717, 1.165) is 16.8 Å². The Kier molecular flexibility index (Phi) is 6.17. The van der Waals surface area contributed by atoms with Gasteiger partial charge in [0.2, 0.25) is 0 Å². The van der Waals surface area contributed by atoms with Crippen molar-refractivity contribution in [1.29, 1.82) is 0 Å². The standard InChI is InChI=1S/C24H26N2O5S/c1-24(28)12-18(31-19(27)13-24)22(32)23-25-20(14-8-4-6-10-16(14)29-2)21(26-23)15-9-5-7-11-17(15)30-3/h4-11,18,22,28,32H,12-13H2,1-3H3,(H,25,26)/t18-,22?,24?/m0/s1. The fourth-order valence-corrected chi connectivity index (χ4v) is 4.32. The molecule has 0 saturated carbocycles. The summed E-state index contributed by atoms with van der Waals surface area (Å²) in [4.78, 5) is 20.2. The van der Waals surface area contributed by atoms with E-state index in [2.05, 4.69) is 4.98 Å². The van der Waals surface area contributed by atoms with Gasteiger partial charge in [-0.15, -0.1) is 0 Å². The van der Waals surface area contributed by atoms with Crippen LogP contribution in [0.4, 0.5) is 0 Å². The number of ether oxygens (including phenoxy) is 3. The molecule has 1 saturated heterocycles. The predicted molar refractivity (Wildman–Crippen MR) is 124 cm³/mol. The molecule has 1 aromatic heterocycles. The van der Waals surface area contributed by atoms with Crippen molar-refractivity contribution in [3.63, 3.8) is 0 Å². The van der Waals surface area contributed by atoms with E-state index in [4.69, 9.17) is 31.8 Å². The lowest BCUT2D eigenvalue weighted by Gasteiger charge is -2.35. The number of para-hydroxylation sites is 2. The van der Waals surface area contributed by atoms with E-state index >= 15 is 0 Å². The number of imidazole rings is 1. The lowest BCUT2D eigenvalue weighted by molar-refractivity contribution is -0.168. The molecule has 32 heavy (non-hydrogen) atoms. The Labute approximate surface area is 192 Å². The molecule has 0 amide bonds. The van der Waals surface area contributed by atoms with E-state index in [1.54, 1.807) is 21.1 Å². The normalized spacial score (nSPS) is 21.7. The maximum Gasteiger partial charge on any atom is 0.309 e. The lowest BCUT2D eigenvalue weighted by atomic mass is 9.90. The summed E-state index contributed by atoms with van der Waals surface area (Å²) in [6.45, 7) is 1.63. The van der Waals surface area contributed by atoms with Crippen molar-refractivity contribution in [2.45, 2.75) is 36.7 Å². The molecule has 2 unspecified atom stereocenters. The number of aromatic nitrogens is 2. The summed E-state index contributed by atoms with van der Waals surface area (Å²) < 4.78 is 16.6. The molecule has 1 aliphatic heterocycles. The molecule has 0 spiro atoms. The zero-order valence-electron chi connectivity index (χ0n) is 18.2. The van der Waals surface area contributed by atoms with Crippen LogP contribution in [0.15, 0.2) is 48.5 Å². The van der Waals surface area contributed by atoms with Crippen molar-refractivity contribution in [2.24, 2.45) is 0 Å². The van der Waals surface area contributed by atoms with Gasteiger partial charge in [0.15, 0.2) is 0 Å². The fourth-order valence-electron chi connectivity index (χ4n) is 4.03. The van der Waals surface area contributed by atoms with Crippen molar-refractivity contribution in [2.75, 3.05) is 14.2 Å². The molecule has 3 atom stereocenters. The third-order valence-corrected chi connectivity index (χ3v) is 6.12. The van der Waals surface area contributed by atoms with Crippen molar-refractivity contribution in [3.8, 4) is 34.0 Å². The highest BCUT2D eigenvalue weighted by Crippen LogP contribution is 2.42. The van der Waals surface area contributed by atoms with Crippen LogP contribution in [-0.4, -0.2) is 47.0 Å². The highest BCUT2D eigenvalue weighted by atomic mass is 32.1. The molecule has 2 N–H and O–H groups in total. The SMILES string of the molecule is COc1ccccc1-c1nc(C(S)[C@@H]2CC(C)(O)CC(=O)O2)[nH]c1-c1ccccc1OC. The van der Waals surface area contributed by atoms with Crippen LogP contribution in [0.25, 0.3) is 22.5 Å². The molecule has 7 nitrogen and oxygen atoms in total. The summed E-state index contributed by atoms with van der Waals surface area (Å²) in [7, 11) is 3.23. The number of thiol groups is 1. The van der Waals surface area contributed by atoms with Gasteiger partial charge in [-0.3, -0.25) is 4.79 Å². The molecule has 2 aromatic carbocycles.